The van der Waals surface area contributed by atoms with Crippen LogP contribution in [0.25, 0.3) is 0 Å². The lowest BCUT2D eigenvalue weighted by Gasteiger charge is -2.14. The van der Waals surface area contributed by atoms with Crippen LogP contribution in [0.15, 0.2) is 24.3 Å². The Hall–Kier alpha value is -1.94. The molecule has 6 heteroatoms. The molecule has 3 N–H and O–H groups in total. The summed E-state index contributed by atoms with van der Waals surface area (Å²) in [5, 5.41) is 30.1. The Morgan fingerprint density at radius 2 is 1.89 bits per heavy atom. The van der Waals surface area contributed by atoms with E-state index in [0.717, 1.165) is 0 Å². The molecule has 1 fully saturated rings. The van der Waals surface area contributed by atoms with Crippen LogP contribution in [-0.4, -0.2) is 52.9 Å². The van der Waals surface area contributed by atoms with Crippen molar-refractivity contribution >= 4 is 11.6 Å². The van der Waals surface area contributed by atoms with Gasteiger partial charge in [-0.1, -0.05) is 0 Å². The summed E-state index contributed by atoms with van der Waals surface area (Å²) >= 11 is 0. The van der Waals surface area contributed by atoms with Crippen molar-refractivity contribution in [3.63, 3.8) is 0 Å². The highest BCUT2D eigenvalue weighted by Crippen LogP contribution is 2.11. The molecular formula is C13H15N3O3. The van der Waals surface area contributed by atoms with Crippen LogP contribution >= 0.6 is 0 Å². The Kier molecular flexibility index (Phi) is 4.12. The number of β-amino-alcohol motifs (C(OH)–C–C–N with tert-alkyl or cyclic N) is 2. The Labute approximate surface area is 110 Å². The third kappa shape index (κ3) is 3.51. The molecule has 0 unspecified atom stereocenters. The van der Waals surface area contributed by atoms with Gasteiger partial charge in [0.1, 0.15) is 0 Å². The van der Waals surface area contributed by atoms with Crippen LogP contribution in [0.3, 0.4) is 0 Å². The number of likely N-dealkylation sites (tertiary alicyclic amines) is 1. The maximum Gasteiger partial charge on any atom is 0.238 e. The molecule has 1 saturated heterocycles. The molecule has 1 aliphatic heterocycles. The van der Waals surface area contributed by atoms with Crippen LogP contribution < -0.4 is 5.32 Å². The number of aliphatic hydroxyl groups excluding tert-OH is 2. The van der Waals surface area contributed by atoms with Crippen molar-refractivity contribution < 1.29 is 15.0 Å². The highest BCUT2D eigenvalue weighted by Gasteiger charge is 2.30. The predicted octanol–water partition coefficient (Wildman–Crippen LogP) is -0.466. The molecule has 6 nitrogen and oxygen atoms in total. The van der Waals surface area contributed by atoms with Gasteiger partial charge >= 0.3 is 0 Å². The number of hydrogen-bond acceptors (Lipinski definition) is 5. The summed E-state index contributed by atoms with van der Waals surface area (Å²) in [6.45, 7) is 0.706. The van der Waals surface area contributed by atoms with Crippen molar-refractivity contribution in [2.75, 3.05) is 25.0 Å². The zero-order valence-electron chi connectivity index (χ0n) is 10.3. The third-order valence-electron chi connectivity index (χ3n) is 3.00. The lowest BCUT2D eigenvalue weighted by atomic mass is 10.2. The molecule has 0 saturated carbocycles. The molecule has 2 rings (SSSR count). The lowest BCUT2D eigenvalue weighted by molar-refractivity contribution is -0.117. The molecule has 1 heterocycles. The minimum Gasteiger partial charge on any atom is -0.389 e. The highest BCUT2D eigenvalue weighted by atomic mass is 16.3. The number of benzene rings is 1. The number of nitrogens with one attached hydrogen (secondary N) is 1. The second kappa shape index (κ2) is 5.80. The van der Waals surface area contributed by atoms with E-state index in [1.165, 1.54) is 0 Å². The fourth-order valence-corrected chi connectivity index (χ4v) is 2.01. The number of aliphatic hydroxyl groups is 2. The van der Waals surface area contributed by atoms with E-state index >= 15 is 0 Å². The summed E-state index contributed by atoms with van der Waals surface area (Å²) in [7, 11) is 0. The number of carbonyl (C=O) groups is 1. The minimum absolute atomic E-state index is 0.119. The monoisotopic (exact) mass is 261 g/mol. The molecular weight excluding hydrogens is 246 g/mol. The average Bonchev–Trinajstić information content (AvgIpc) is 2.69. The first-order valence-electron chi connectivity index (χ1n) is 5.97. The maximum absolute atomic E-state index is 11.8. The van der Waals surface area contributed by atoms with Crippen LogP contribution in [0.2, 0.25) is 0 Å². The summed E-state index contributed by atoms with van der Waals surface area (Å²) in [6.07, 6.45) is -1.58. The van der Waals surface area contributed by atoms with Gasteiger partial charge in [-0.3, -0.25) is 9.69 Å². The Morgan fingerprint density at radius 3 is 2.42 bits per heavy atom. The van der Waals surface area contributed by atoms with Gasteiger partial charge in [0.25, 0.3) is 0 Å². The number of nitrogens with zero attached hydrogens (tertiary/aromatic N) is 2. The summed E-state index contributed by atoms with van der Waals surface area (Å²) in [6, 6.07) is 8.56. The highest BCUT2D eigenvalue weighted by molar-refractivity contribution is 5.92. The normalized spacial score (nSPS) is 23.0. The standard InChI is InChI=1S/C13H15N3O3/c14-5-9-1-3-10(4-2-9)15-13(19)8-16-6-11(17)12(18)7-16/h1-4,11-12,17-18H,6-8H2,(H,15,19)/t11-,12+. The van der Waals surface area contributed by atoms with Gasteiger partial charge in [-0.15, -0.1) is 0 Å². The molecule has 0 radical (unpaired) electrons. The number of amides is 1. The van der Waals surface area contributed by atoms with Crippen molar-refractivity contribution in [3.05, 3.63) is 29.8 Å². The summed E-state index contributed by atoms with van der Waals surface area (Å²) in [5.74, 6) is -0.217. The smallest absolute Gasteiger partial charge is 0.238 e. The number of hydrogen-bond donors (Lipinski definition) is 3. The fraction of sp³-hybridized carbons (Fsp3) is 0.385. The molecule has 0 spiro atoms. The van der Waals surface area contributed by atoms with E-state index in [9.17, 15) is 15.0 Å². The van der Waals surface area contributed by atoms with Crippen LogP contribution in [0.1, 0.15) is 5.56 Å². The first-order chi connectivity index (χ1) is 9.08. The van der Waals surface area contributed by atoms with Gasteiger partial charge in [0, 0.05) is 18.8 Å². The quantitative estimate of drug-likeness (QED) is 0.684. The first-order valence-corrected chi connectivity index (χ1v) is 5.97. The summed E-state index contributed by atoms with van der Waals surface area (Å²) in [4.78, 5) is 13.4. The Balaban J connectivity index is 1.86. The maximum atomic E-state index is 11.8. The van der Waals surface area contributed by atoms with Crippen molar-refractivity contribution in [3.8, 4) is 6.07 Å². The Bertz CT molecular complexity index is 485. The van der Waals surface area contributed by atoms with Gasteiger partial charge in [0.05, 0.1) is 30.4 Å². The summed E-state index contributed by atoms with van der Waals surface area (Å²) < 4.78 is 0. The second-order valence-corrected chi connectivity index (χ2v) is 4.57. The number of carbonyl (C=O) groups excluding carboxylic acids is 1. The lowest BCUT2D eigenvalue weighted by Crippen LogP contribution is -2.32. The molecule has 1 aromatic carbocycles. The van der Waals surface area contributed by atoms with Crippen molar-refractivity contribution in [2.24, 2.45) is 0 Å². The average molecular weight is 261 g/mol. The van der Waals surface area contributed by atoms with Gasteiger partial charge in [0.2, 0.25) is 5.91 Å². The topological polar surface area (TPSA) is 96.6 Å². The van der Waals surface area contributed by atoms with Gasteiger partial charge in [-0.05, 0) is 24.3 Å². The van der Waals surface area contributed by atoms with E-state index in [1.807, 2.05) is 6.07 Å². The number of rotatable bonds is 3. The van der Waals surface area contributed by atoms with Gasteiger partial charge in [-0.2, -0.15) is 5.26 Å². The van der Waals surface area contributed by atoms with E-state index in [1.54, 1.807) is 29.2 Å². The van der Waals surface area contributed by atoms with Crippen LogP contribution in [-0.2, 0) is 4.79 Å². The Morgan fingerprint density at radius 1 is 1.32 bits per heavy atom. The van der Waals surface area contributed by atoms with E-state index < -0.39 is 12.2 Å². The largest absolute Gasteiger partial charge is 0.389 e. The molecule has 0 aliphatic carbocycles. The van der Waals surface area contributed by atoms with Crippen LogP contribution in [0.4, 0.5) is 5.69 Å². The zero-order chi connectivity index (χ0) is 13.8. The van der Waals surface area contributed by atoms with Crippen molar-refractivity contribution in [1.82, 2.24) is 4.90 Å². The second-order valence-electron chi connectivity index (χ2n) is 4.57. The predicted molar refractivity (Wildman–Crippen MR) is 68.2 cm³/mol. The molecule has 19 heavy (non-hydrogen) atoms. The zero-order valence-corrected chi connectivity index (χ0v) is 10.3. The van der Waals surface area contributed by atoms with Crippen molar-refractivity contribution in [2.45, 2.75) is 12.2 Å². The molecule has 0 bridgehead atoms. The summed E-state index contributed by atoms with van der Waals surface area (Å²) in [5.41, 5.74) is 1.15. The van der Waals surface area contributed by atoms with E-state index in [0.29, 0.717) is 24.3 Å². The number of anilines is 1. The SMILES string of the molecule is N#Cc1ccc(NC(=O)CN2C[C@@H](O)[C@@H](O)C2)cc1. The van der Waals surface area contributed by atoms with Crippen molar-refractivity contribution in [1.29, 1.82) is 5.26 Å². The fourth-order valence-electron chi connectivity index (χ4n) is 2.01. The van der Waals surface area contributed by atoms with E-state index in [-0.39, 0.29) is 12.5 Å². The van der Waals surface area contributed by atoms with Gasteiger partial charge < -0.3 is 15.5 Å². The minimum atomic E-state index is -0.789. The van der Waals surface area contributed by atoms with E-state index in [2.05, 4.69) is 5.32 Å². The first kappa shape index (κ1) is 13.5. The molecule has 1 aromatic rings. The van der Waals surface area contributed by atoms with Gasteiger partial charge in [-0.25, -0.2) is 0 Å². The molecule has 1 aliphatic rings. The van der Waals surface area contributed by atoms with Gasteiger partial charge in [0.15, 0.2) is 0 Å². The third-order valence-corrected chi connectivity index (χ3v) is 3.00. The molecule has 2 atom stereocenters. The van der Waals surface area contributed by atoms with E-state index in [4.69, 9.17) is 5.26 Å². The van der Waals surface area contributed by atoms with Crippen LogP contribution in [0, 0.1) is 11.3 Å². The molecule has 1 amide bonds. The molecule has 100 valence electrons. The number of nitriles is 1. The van der Waals surface area contributed by atoms with Crippen LogP contribution in [0.5, 0.6) is 0 Å². The molecule has 0 aromatic heterocycles.